The zero-order chi connectivity index (χ0) is 18.1. The molecule has 0 atom stereocenters. The summed E-state index contributed by atoms with van der Waals surface area (Å²) in [6.07, 6.45) is 2.48. The predicted molar refractivity (Wildman–Crippen MR) is 94.6 cm³/mol. The fourth-order valence-electron chi connectivity index (χ4n) is 3.57. The summed E-state index contributed by atoms with van der Waals surface area (Å²) in [5.74, 6) is 0.0627. The van der Waals surface area contributed by atoms with Crippen molar-refractivity contribution >= 4 is 23.1 Å². The number of ketones is 1. The summed E-state index contributed by atoms with van der Waals surface area (Å²) in [6, 6.07) is 4.53. The van der Waals surface area contributed by atoms with E-state index >= 15 is 0 Å². The van der Waals surface area contributed by atoms with Crippen LogP contribution in [0.3, 0.4) is 0 Å². The van der Waals surface area contributed by atoms with Crippen molar-refractivity contribution in [1.82, 2.24) is 4.90 Å². The number of fused-ring (bicyclic) bond motifs is 1. The van der Waals surface area contributed by atoms with Crippen LogP contribution in [0.2, 0.25) is 0 Å². The Morgan fingerprint density at radius 3 is 2.85 bits per heavy atom. The number of carbonyl (C=O) groups is 2. The number of ether oxygens (including phenoxy) is 1. The molecule has 1 fully saturated rings. The Hall–Kier alpha value is -2.54. The highest BCUT2D eigenvalue weighted by Gasteiger charge is 2.28. The minimum atomic E-state index is -0.355. The maximum absolute atomic E-state index is 13.5. The van der Waals surface area contributed by atoms with Crippen molar-refractivity contribution in [2.24, 2.45) is 4.99 Å². The molecule has 0 radical (unpaired) electrons. The first-order valence-corrected chi connectivity index (χ1v) is 8.82. The molecule has 0 spiro atoms. The molecule has 3 heterocycles. The van der Waals surface area contributed by atoms with E-state index in [2.05, 4.69) is 4.99 Å². The van der Waals surface area contributed by atoms with Crippen LogP contribution in [0.5, 0.6) is 0 Å². The number of benzene rings is 1. The highest BCUT2D eigenvalue weighted by molar-refractivity contribution is 6.16. The van der Waals surface area contributed by atoms with Crippen LogP contribution in [0.15, 0.2) is 35.1 Å². The van der Waals surface area contributed by atoms with Gasteiger partial charge in [-0.25, -0.2) is 9.38 Å². The molecule has 7 heteroatoms. The Morgan fingerprint density at radius 1 is 1.23 bits per heavy atom. The lowest BCUT2D eigenvalue weighted by molar-refractivity contribution is -0.117. The van der Waals surface area contributed by atoms with Gasteiger partial charge in [0.15, 0.2) is 5.78 Å². The molecule has 0 unspecified atom stereocenters. The second-order valence-corrected chi connectivity index (χ2v) is 6.67. The fourth-order valence-corrected chi connectivity index (χ4v) is 3.57. The summed E-state index contributed by atoms with van der Waals surface area (Å²) >= 11 is 0. The van der Waals surface area contributed by atoms with Gasteiger partial charge in [-0.15, -0.1) is 0 Å². The van der Waals surface area contributed by atoms with Gasteiger partial charge in [-0.3, -0.25) is 9.59 Å². The lowest BCUT2D eigenvalue weighted by Gasteiger charge is -2.30. The SMILES string of the molecule is O=C1C=C(N2CCOCC2)N=C(CC(=O)N2CCc3ccc(F)cc32)C1. The quantitative estimate of drug-likeness (QED) is 0.826. The first-order valence-electron chi connectivity index (χ1n) is 8.82. The summed E-state index contributed by atoms with van der Waals surface area (Å²) in [4.78, 5) is 33.0. The lowest BCUT2D eigenvalue weighted by atomic mass is 10.1. The smallest absolute Gasteiger partial charge is 0.232 e. The topological polar surface area (TPSA) is 62.2 Å². The number of rotatable bonds is 3. The Labute approximate surface area is 150 Å². The second-order valence-electron chi connectivity index (χ2n) is 6.67. The van der Waals surface area contributed by atoms with E-state index < -0.39 is 0 Å². The number of hydrogen-bond donors (Lipinski definition) is 0. The molecular formula is C19H20FN3O3. The number of anilines is 1. The van der Waals surface area contributed by atoms with E-state index in [1.807, 2.05) is 4.90 Å². The Morgan fingerprint density at radius 2 is 2.04 bits per heavy atom. The second kappa shape index (κ2) is 6.99. The van der Waals surface area contributed by atoms with Crippen molar-refractivity contribution in [3.8, 4) is 0 Å². The molecule has 6 nitrogen and oxygen atoms in total. The van der Waals surface area contributed by atoms with E-state index in [9.17, 15) is 14.0 Å². The minimum Gasteiger partial charge on any atom is -0.378 e. The lowest BCUT2D eigenvalue weighted by Crippen LogP contribution is -2.37. The molecule has 0 aromatic heterocycles. The molecule has 3 aliphatic rings. The van der Waals surface area contributed by atoms with Gasteiger partial charge < -0.3 is 14.5 Å². The molecule has 0 saturated carbocycles. The van der Waals surface area contributed by atoms with Crippen molar-refractivity contribution < 1.29 is 18.7 Å². The van der Waals surface area contributed by atoms with Gasteiger partial charge in [0.1, 0.15) is 11.6 Å². The van der Waals surface area contributed by atoms with Crippen LogP contribution in [0, 0.1) is 5.82 Å². The van der Waals surface area contributed by atoms with Crippen LogP contribution in [0.4, 0.5) is 10.1 Å². The average molecular weight is 357 g/mol. The van der Waals surface area contributed by atoms with Gasteiger partial charge in [-0.2, -0.15) is 0 Å². The summed E-state index contributed by atoms with van der Waals surface area (Å²) in [5, 5.41) is 0. The molecule has 1 aromatic rings. The maximum atomic E-state index is 13.5. The third-order valence-corrected chi connectivity index (χ3v) is 4.88. The van der Waals surface area contributed by atoms with Crippen LogP contribution >= 0.6 is 0 Å². The van der Waals surface area contributed by atoms with Gasteiger partial charge in [0, 0.05) is 43.5 Å². The molecule has 136 valence electrons. The number of carbonyl (C=O) groups excluding carboxylic acids is 2. The van der Waals surface area contributed by atoms with Gasteiger partial charge in [0.2, 0.25) is 5.91 Å². The summed E-state index contributed by atoms with van der Waals surface area (Å²) < 4.78 is 18.9. The first-order chi connectivity index (χ1) is 12.6. The van der Waals surface area contributed by atoms with Gasteiger partial charge in [-0.1, -0.05) is 6.07 Å². The number of amides is 1. The molecule has 0 N–H and O–H groups in total. The van der Waals surface area contributed by atoms with E-state index in [0.717, 1.165) is 5.56 Å². The third-order valence-electron chi connectivity index (χ3n) is 4.88. The van der Waals surface area contributed by atoms with E-state index in [-0.39, 0.29) is 30.3 Å². The molecule has 0 bridgehead atoms. The van der Waals surface area contributed by atoms with Crippen LogP contribution in [0.25, 0.3) is 0 Å². The van der Waals surface area contributed by atoms with Crippen molar-refractivity contribution in [2.45, 2.75) is 19.3 Å². The van der Waals surface area contributed by atoms with Gasteiger partial charge >= 0.3 is 0 Å². The highest BCUT2D eigenvalue weighted by Crippen LogP contribution is 2.29. The van der Waals surface area contributed by atoms with Crippen molar-refractivity contribution in [3.05, 3.63) is 41.5 Å². The average Bonchev–Trinajstić information content (AvgIpc) is 3.05. The zero-order valence-electron chi connectivity index (χ0n) is 14.4. The Balaban J connectivity index is 1.49. The number of halogens is 1. The molecule has 1 amide bonds. The number of nitrogens with zero attached hydrogens (tertiary/aromatic N) is 3. The monoisotopic (exact) mass is 357 g/mol. The van der Waals surface area contributed by atoms with E-state index in [0.29, 0.717) is 56.5 Å². The molecular weight excluding hydrogens is 337 g/mol. The van der Waals surface area contributed by atoms with Crippen LogP contribution in [-0.4, -0.2) is 55.2 Å². The van der Waals surface area contributed by atoms with E-state index in [1.165, 1.54) is 12.1 Å². The van der Waals surface area contributed by atoms with Gasteiger partial charge in [-0.05, 0) is 24.1 Å². The fraction of sp³-hybridized carbons (Fsp3) is 0.421. The summed E-state index contributed by atoms with van der Waals surface area (Å²) in [6.45, 7) is 3.10. The number of morpholine rings is 1. The van der Waals surface area contributed by atoms with Crippen LogP contribution < -0.4 is 4.90 Å². The third kappa shape index (κ3) is 3.39. The summed E-state index contributed by atoms with van der Waals surface area (Å²) in [7, 11) is 0. The van der Waals surface area contributed by atoms with Crippen molar-refractivity contribution in [3.63, 3.8) is 0 Å². The first kappa shape index (κ1) is 16.9. The zero-order valence-corrected chi connectivity index (χ0v) is 14.4. The number of hydrogen-bond acceptors (Lipinski definition) is 5. The molecule has 3 aliphatic heterocycles. The Bertz CT molecular complexity index is 812. The number of aliphatic imine (C=N–C) groups is 1. The molecule has 4 rings (SSSR count). The predicted octanol–water partition coefficient (Wildman–Crippen LogP) is 1.69. The molecule has 1 aromatic carbocycles. The number of allylic oxidation sites excluding steroid dienone is 1. The van der Waals surface area contributed by atoms with E-state index in [1.54, 1.807) is 17.0 Å². The standard InChI is InChI=1S/C19H20FN3O3/c20-14-2-1-13-3-4-23(17(13)9-14)19(25)11-15-10-16(24)12-18(21-15)22-5-7-26-8-6-22/h1-2,9,12H,3-8,10-11H2. The van der Waals surface area contributed by atoms with Crippen molar-refractivity contribution in [2.75, 3.05) is 37.7 Å². The van der Waals surface area contributed by atoms with Gasteiger partial charge in [0.25, 0.3) is 0 Å². The van der Waals surface area contributed by atoms with E-state index in [4.69, 9.17) is 4.74 Å². The van der Waals surface area contributed by atoms with Gasteiger partial charge in [0.05, 0.1) is 19.6 Å². The minimum absolute atomic E-state index is 0.0443. The molecule has 26 heavy (non-hydrogen) atoms. The maximum Gasteiger partial charge on any atom is 0.232 e. The Kier molecular flexibility index (Phi) is 4.55. The highest BCUT2D eigenvalue weighted by atomic mass is 19.1. The molecule has 0 aliphatic carbocycles. The van der Waals surface area contributed by atoms with Crippen molar-refractivity contribution in [1.29, 1.82) is 0 Å². The largest absolute Gasteiger partial charge is 0.378 e. The van der Waals surface area contributed by atoms with Crippen LogP contribution in [0.1, 0.15) is 18.4 Å². The molecule has 1 saturated heterocycles. The van der Waals surface area contributed by atoms with Crippen LogP contribution in [-0.2, 0) is 20.7 Å². The summed E-state index contributed by atoms with van der Waals surface area (Å²) in [5.41, 5.74) is 2.16. The normalized spacial score (nSPS) is 20.0.